The van der Waals surface area contributed by atoms with Gasteiger partial charge in [0, 0.05) is 19.5 Å². The minimum atomic E-state index is -0.753. The van der Waals surface area contributed by atoms with Crippen LogP contribution in [0.5, 0.6) is 0 Å². The van der Waals surface area contributed by atoms with E-state index in [0.717, 1.165) is 31.2 Å². The molecule has 0 amide bonds. The number of aryl methyl sites for hydroxylation is 1. The summed E-state index contributed by atoms with van der Waals surface area (Å²) in [4.78, 5) is 12.7. The minimum absolute atomic E-state index is 0.175. The molecule has 0 atom stereocenters. The number of carboxylic acid groups (broad SMARTS) is 1. The van der Waals surface area contributed by atoms with Gasteiger partial charge in [-0.25, -0.2) is 0 Å². The highest BCUT2D eigenvalue weighted by Gasteiger charge is 2.17. The first-order valence-corrected chi connectivity index (χ1v) is 6.55. The molecule has 6 heteroatoms. The fourth-order valence-electron chi connectivity index (χ4n) is 2.29. The number of carboxylic acids is 1. The largest absolute Gasteiger partial charge is 0.481 e. The van der Waals surface area contributed by atoms with Crippen molar-refractivity contribution < 1.29 is 9.90 Å². The Bertz CT molecular complexity index is 416. The van der Waals surface area contributed by atoms with Crippen molar-refractivity contribution >= 4 is 5.97 Å². The van der Waals surface area contributed by atoms with E-state index in [-0.39, 0.29) is 6.42 Å². The predicted molar refractivity (Wildman–Crippen MR) is 66.2 cm³/mol. The fourth-order valence-corrected chi connectivity index (χ4v) is 2.29. The Morgan fingerprint density at radius 1 is 1.44 bits per heavy atom. The van der Waals surface area contributed by atoms with Crippen LogP contribution in [0.15, 0.2) is 0 Å². The summed E-state index contributed by atoms with van der Waals surface area (Å²) < 4.78 is 2.19. The second-order valence-electron chi connectivity index (χ2n) is 4.65. The third-order valence-electron chi connectivity index (χ3n) is 3.39. The molecule has 18 heavy (non-hydrogen) atoms. The lowest BCUT2D eigenvalue weighted by molar-refractivity contribution is -0.137. The molecular formula is C12H20N4O2. The van der Waals surface area contributed by atoms with Crippen LogP contribution in [0, 0.1) is 0 Å². The maximum absolute atomic E-state index is 10.6. The van der Waals surface area contributed by atoms with Gasteiger partial charge in [0.1, 0.15) is 11.6 Å². The number of carbonyl (C=O) groups is 1. The van der Waals surface area contributed by atoms with E-state index in [2.05, 4.69) is 19.7 Å². The molecule has 1 aromatic heterocycles. The van der Waals surface area contributed by atoms with Gasteiger partial charge in [-0.3, -0.25) is 9.69 Å². The van der Waals surface area contributed by atoms with Gasteiger partial charge in [-0.1, -0.05) is 6.92 Å². The zero-order valence-electron chi connectivity index (χ0n) is 10.8. The van der Waals surface area contributed by atoms with E-state index in [4.69, 9.17) is 5.11 Å². The van der Waals surface area contributed by atoms with Crippen LogP contribution < -0.4 is 0 Å². The first kappa shape index (κ1) is 13.0. The van der Waals surface area contributed by atoms with Crippen LogP contribution in [-0.4, -0.2) is 43.8 Å². The SMILES string of the molecule is CCN(CCC(=O)O)Cc1nnc2n1CCCC2. The first-order chi connectivity index (χ1) is 8.70. The van der Waals surface area contributed by atoms with Crippen molar-refractivity contribution in [3.05, 3.63) is 11.6 Å². The molecule has 1 aromatic rings. The van der Waals surface area contributed by atoms with Crippen molar-refractivity contribution in [3.8, 4) is 0 Å². The summed E-state index contributed by atoms with van der Waals surface area (Å²) in [5.41, 5.74) is 0. The van der Waals surface area contributed by atoms with Gasteiger partial charge in [-0.15, -0.1) is 10.2 Å². The van der Waals surface area contributed by atoms with Gasteiger partial charge >= 0.3 is 5.97 Å². The molecule has 0 radical (unpaired) electrons. The van der Waals surface area contributed by atoms with Crippen LogP contribution in [0.4, 0.5) is 0 Å². The van der Waals surface area contributed by atoms with E-state index in [9.17, 15) is 4.79 Å². The van der Waals surface area contributed by atoms with Gasteiger partial charge < -0.3 is 9.67 Å². The number of fused-ring (bicyclic) bond motifs is 1. The zero-order chi connectivity index (χ0) is 13.0. The lowest BCUT2D eigenvalue weighted by Gasteiger charge is -2.21. The number of hydrogen-bond donors (Lipinski definition) is 1. The van der Waals surface area contributed by atoms with Gasteiger partial charge in [-0.05, 0) is 19.4 Å². The van der Waals surface area contributed by atoms with E-state index in [1.54, 1.807) is 0 Å². The maximum atomic E-state index is 10.6. The minimum Gasteiger partial charge on any atom is -0.481 e. The maximum Gasteiger partial charge on any atom is 0.304 e. The average Bonchev–Trinajstić information content (AvgIpc) is 2.77. The van der Waals surface area contributed by atoms with Crippen LogP contribution in [0.1, 0.15) is 37.8 Å². The summed E-state index contributed by atoms with van der Waals surface area (Å²) in [5, 5.41) is 17.2. The number of aromatic nitrogens is 3. The molecule has 0 aromatic carbocycles. The highest BCUT2D eigenvalue weighted by molar-refractivity contribution is 5.66. The van der Waals surface area contributed by atoms with E-state index >= 15 is 0 Å². The molecule has 0 unspecified atom stereocenters. The standard InChI is InChI=1S/C12H20N4O2/c1-2-15(8-6-12(17)18)9-11-14-13-10-5-3-4-7-16(10)11/h2-9H2,1H3,(H,17,18). The Hall–Kier alpha value is -1.43. The lowest BCUT2D eigenvalue weighted by Crippen LogP contribution is -2.28. The van der Waals surface area contributed by atoms with Crippen LogP contribution in [0.25, 0.3) is 0 Å². The summed E-state index contributed by atoms with van der Waals surface area (Å²) in [6, 6.07) is 0. The van der Waals surface area contributed by atoms with E-state index in [1.165, 1.54) is 12.8 Å². The molecule has 6 nitrogen and oxygen atoms in total. The number of rotatable bonds is 6. The molecule has 0 saturated heterocycles. The first-order valence-electron chi connectivity index (χ1n) is 6.55. The van der Waals surface area contributed by atoms with E-state index in [0.29, 0.717) is 13.1 Å². The molecule has 0 aliphatic carbocycles. The molecule has 0 saturated carbocycles. The van der Waals surface area contributed by atoms with Crippen LogP contribution in [0.2, 0.25) is 0 Å². The second kappa shape index (κ2) is 5.95. The highest BCUT2D eigenvalue weighted by Crippen LogP contribution is 2.15. The molecular weight excluding hydrogens is 232 g/mol. The zero-order valence-corrected chi connectivity index (χ0v) is 10.8. The van der Waals surface area contributed by atoms with Gasteiger partial charge in [0.15, 0.2) is 0 Å². The van der Waals surface area contributed by atoms with Crippen LogP contribution in [-0.2, 0) is 24.3 Å². The van der Waals surface area contributed by atoms with Crippen molar-refractivity contribution in [2.75, 3.05) is 13.1 Å². The van der Waals surface area contributed by atoms with Crippen molar-refractivity contribution in [3.63, 3.8) is 0 Å². The molecule has 1 aliphatic rings. The molecule has 0 spiro atoms. The molecule has 100 valence electrons. The Balaban J connectivity index is 1.98. The second-order valence-corrected chi connectivity index (χ2v) is 4.65. The van der Waals surface area contributed by atoms with Crippen LogP contribution >= 0.6 is 0 Å². The number of nitrogens with zero attached hydrogens (tertiary/aromatic N) is 4. The van der Waals surface area contributed by atoms with Gasteiger partial charge in [-0.2, -0.15) is 0 Å². The lowest BCUT2D eigenvalue weighted by atomic mass is 10.1. The third kappa shape index (κ3) is 3.07. The van der Waals surface area contributed by atoms with Gasteiger partial charge in [0.25, 0.3) is 0 Å². The van der Waals surface area contributed by atoms with Crippen molar-refractivity contribution in [1.82, 2.24) is 19.7 Å². The van der Waals surface area contributed by atoms with Crippen LogP contribution in [0.3, 0.4) is 0 Å². The third-order valence-corrected chi connectivity index (χ3v) is 3.39. The summed E-state index contributed by atoms with van der Waals surface area (Å²) in [6.45, 7) is 5.11. The molecule has 2 heterocycles. The Kier molecular flexibility index (Phi) is 4.30. The summed E-state index contributed by atoms with van der Waals surface area (Å²) in [5.74, 6) is 1.29. The number of aliphatic carboxylic acids is 1. The normalized spacial score (nSPS) is 14.8. The smallest absolute Gasteiger partial charge is 0.304 e. The summed E-state index contributed by atoms with van der Waals surface area (Å²) in [7, 11) is 0. The summed E-state index contributed by atoms with van der Waals surface area (Å²) in [6.07, 6.45) is 3.55. The average molecular weight is 252 g/mol. The molecule has 1 aliphatic heterocycles. The quantitative estimate of drug-likeness (QED) is 0.815. The Morgan fingerprint density at radius 2 is 2.28 bits per heavy atom. The highest BCUT2D eigenvalue weighted by atomic mass is 16.4. The monoisotopic (exact) mass is 252 g/mol. The summed E-state index contributed by atoms with van der Waals surface area (Å²) >= 11 is 0. The molecule has 1 N–H and O–H groups in total. The fraction of sp³-hybridized carbons (Fsp3) is 0.750. The van der Waals surface area contributed by atoms with Gasteiger partial charge in [0.05, 0.1) is 13.0 Å². The van der Waals surface area contributed by atoms with Gasteiger partial charge in [0.2, 0.25) is 0 Å². The van der Waals surface area contributed by atoms with Crippen molar-refractivity contribution in [2.24, 2.45) is 0 Å². The Labute approximate surface area is 107 Å². The molecule has 0 bridgehead atoms. The molecule has 2 rings (SSSR count). The number of hydrogen-bond acceptors (Lipinski definition) is 4. The van der Waals surface area contributed by atoms with E-state index in [1.807, 2.05) is 6.92 Å². The topological polar surface area (TPSA) is 71.2 Å². The Morgan fingerprint density at radius 3 is 3.00 bits per heavy atom. The predicted octanol–water partition coefficient (Wildman–Crippen LogP) is 0.911. The molecule has 0 fully saturated rings. The van der Waals surface area contributed by atoms with E-state index < -0.39 is 5.97 Å². The van der Waals surface area contributed by atoms with Crippen molar-refractivity contribution in [2.45, 2.75) is 45.7 Å². The van der Waals surface area contributed by atoms with Crippen molar-refractivity contribution in [1.29, 1.82) is 0 Å².